The Balaban J connectivity index is 2.35. The first-order valence-corrected chi connectivity index (χ1v) is 7.61. The summed E-state index contributed by atoms with van der Waals surface area (Å²) in [4.78, 5) is 24.7. The van der Waals surface area contributed by atoms with Crippen LogP contribution in [0.1, 0.15) is 31.3 Å². The van der Waals surface area contributed by atoms with Crippen LogP contribution >= 0.6 is 33.9 Å². The van der Waals surface area contributed by atoms with Gasteiger partial charge in [0.15, 0.2) is 5.69 Å². The molecule has 0 atom stereocenters. The van der Waals surface area contributed by atoms with E-state index in [4.69, 9.17) is 5.73 Å². The maximum Gasteiger partial charge on any atom is 0.277 e. The molecule has 0 spiro atoms. The minimum atomic E-state index is -0.544. The maximum absolute atomic E-state index is 12.2. The first-order valence-electron chi connectivity index (χ1n) is 5.71. The van der Waals surface area contributed by atoms with Crippen LogP contribution in [0.4, 0.5) is 5.00 Å². The predicted molar refractivity (Wildman–Crippen MR) is 86.2 cm³/mol. The molecule has 0 aliphatic rings. The Morgan fingerprint density at radius 3 is 2.60 bits per heavy atom. The van der Waals surface area contributed by atoms with Crippen molar-refractivity contribution in [1.82, 2.24) is 9.78 Å². The van der Waals surface area contributed by atoms with Crippen LogP contribution in [0.15, 0.2) is 6.20 Å². The number of amides is 2. The summed E-state index contributed by atoms with van der Waals surface area (Å²) in [7, 11) is 1.74. The zero-order chi connectivity index (χ0) is 15.0. The van der Waals surface area contributed by atoms with Crippen LogP contribution in [-0.4, -0.2) is 21.6 Å². The SMILES string of the molecule is Cc1sc(NC(=O)c2nn(C)cc2I)c(C(N)=O)c1C. The Hall–Kier alpha value is -1.42. The van der Waals surface area contributed by atoms with Crippen molar-refractivity contribution in [2.45, 2.75) is 13.8 Å². The van der Waals surface area contributed by atoms with Crippen LogP contribution < -0.4 is 11.1 Å². The molecule has 2 heterocycles. The highest BCUT2D eigenvalue weighted by atomic mass is 127. The van der Waals surface area contributed by atoms with Crippen molar-refractivity contribution < 1.29 is 9.59 Å². The third-order valence-electron chi connectivity index (χ3n) is 2.86. The van der Waals surface area contributed by atoms with Gasteiger partial charge in [0.05, 0.1) is 9.13 Å². The number of thiophene rings is 1. The van der Waals surface area contributed by atoms with Gasteiger partial charge in [0.2, 0.25) is 0 Å². The number of nitrogens with zero attached hydrogens (tertiary/aromatic N) is 2. The lowest BCUT2D eigenvalue weighted by Crippen LogP contribution is -2.18. The minimum absolute atomic E-state index is 0.326. The van der Waals surface area contributed by atoms with E-state index >= 15 is 0 Å². The number of aromatic nitrogens is 2. The molecule has 8 heteroatoms. The molecule has 0 aromatic carbocycles. The summed E-state index contributed by atoms with van der Waals surface area (Å²) in [6.45, 7) is 3.69. The number of rotatable bonds is 3. The van der Waals surface area contributed by atoms with Crippen LogP contribution in [-0.2, 0) is 7.05 Å². The molecule has 20 heavy (non-hydrogen) atoms. The lowest BCUT2D eigenvalue weighted by molar-refractivity contribution is 0.100. The van der Waals surface area contributed by atoms with Crippen molar-refractivity contribution in [3.63, 3.8) is 0 Å². The van der Waals surface area contributed by atoms with Gasteiger partial charge in [-0.15, -0.1) is 11.3 Å². The summed E-state index contributed by atoms with van der Waals surface area (Å²) in [6.07, 6.45) is 1.75. The Morgan fingerprint density at radius 1 is 1.45 bits per heavy atom. The minimum Gasteiger partial charge on any atom is -0.365 e. The molecule has 0 unspecified atom stereocenters. The molecule has 6 nitrogen and oxygen atoms in total. The highest BCUT2D eigenvalue weighted by Gasteiger charge is 2.21. The smallest absolute Gasteiger partial charge is 0.277 e. The molecule has 3 N–H and O–H groups in total. The molecule has 106 valence electrons. The fourth-order valence-electron chi connectivity index (χ4n) is 1.79. The number of primary amides is 1. The number of hydrogen-bond acceptors (Lipinski definition) is 4. The van der Waals surface area contributed by atoms with Gasteiger partial charge in [-0.3, -0.25) is 14.3 Å². The molecule has 0 aliphatic carbocycles. The number of anilines is 1. The van der Waals surface area contributed by atoms with Crippen molar-refractivity contribution in [1.29, 1.82) is 0 Å². The topological polar surface area (TPSA) is 90.0 Å². The van der Waals surface area contributed by atoms with E-state index in [2.05, 4.69) is 10.4 Å². The lowest BCUT2D eigenvalue weighted by Gasteiger charge is -2.03. The van der Waals surface area contributed by atoms with E-state index in [1.54, 1.807) is 17.9 Å². The Bertz CT molecular complexity index is 705. The van der Waals surface area contributed by atoms with Gasteiger partial charge in [0, 0.05) is 18.1 Å². The zero-order valence-electron chi connectivity index (χ0n) is 11.2. The number of nitrogens with one attached hydrogen (secondary N) is 1. The van der Waals surface area contributed by atoms with E-state index in [0.717, 1.165) is 14.0 Å². The second kappa shape index (κ2) is 5.52. The van der Waals surface area contributed by atoms with Crippen LogP contribution in [0.2, 0.25) is 0 Å². The fraction of sp³-hybridized carbons (Fsp3) is 0.250. The van der Waals surface area contributed by atoms with Crippen molar-refractivity contribution in [3.8, 4) is 0 Å². The van der Waals surface area contributed by atoms with Gasteiger partial charge in [0.25, 0.3) is 11.8 Å². The van der Waals surface area contributed by atoms with Gasteiger partial charge in [0.1, 0.15) is 5.00 Å². The molecule has 2 aromatic heterocycles. The normalized spacial score (nSPS) is 10.6. The number of carbonyl (C=O) groups excluding carboxylic acids is 2. The summed E-state index contributed by atoms with van der Waals surface area (Å²) < 4.78 is 2.31. The first kappa shape index (κ1) is 15.0. The molecule has 0 saturated carbocycles. The second-order valence-corrected chi connectivity index (χ2v) is 6.69. The molecular weight excluding hydrogens is 391 g/mol. The number of carbonyl (C=O) groups is 2. The molecule has 2 rings (SSSR count). The van der Waals surface area contributed by atoms with Gasteiger partial charge in [-0.05, 0) is 42.0 Å². The van der Waals surface area contributed by atoms with Gasteiger partial charge in [-0.25, -0.2) is 0 Å². The van der Waals surface area contributed by atoms with Gasteiger partial charge in [-0.2, -0.15) is 5.10 Å². The monoisotopic (exact) mass is 404 g/mol. The average molecular weight is 404 g/mol. The van der Waals surface area contributed by atoms with Crippen LogP contribution in [0.3, 0.4) is 0 Å². The summed E-state index contributed by atoms with van der Waals surface area (Å²) in [6, 6.07) is 0. The van der Waals surface area contributed by atoms with Crippen LogP contribution in [0.5, 0.6) is 0 Å². The number of aryl methyl sites for hydroxylation is 2. The van der Waals surface area contributed by atoms with Gasteiger partial charge < -0.3 is 11.1 Å². The molecule has 2 aromatic rings. The molecular formula is C12H13IN4O2S. The fourth-order valence-corrected chi connectivity index (χ4v) is 3.60. The average Bonchev–Trinajstić information content (AvgIpc) is 2.80. The third-order valence-corrected chi connectivity index (χ3v) is 4.77. The van der Waals surface area contributed by atoms with Crippen molar-refractivity contribution >= 4 is 50.7 Å². The van der Waals surface area contributed by atoms with Crippen LogP contribution in [0.25, 0.3) is 0 Å². The number of hydrogen-bond donors (Lipinski definition) is 2. The largest absolute Gasteiger partial charge is 0.365 e. The van der Waals surface area contributed by atoms with Gasteiger partial charge >= 0.3 is 0 Å². The first-order chi connectivity index (χ1) is 9.31. The quantitative estimate of drug-likeness (QED) is 0.768. The summed E-state index contributed by atoms with van der Waals surface area (Å²) in [5, 5.41) is 7.29. The number of nitrogens with two attached hydrogens (primary N) is 1. The van der Waals surface area contributed by atoms with E-state index in [0.29, 0.717) is 16.3 Å². The predicted octanol–water partition coefficient (Wildman–Crippen LogP) is 2.05. The van der Waals surface area contributed by atoms with Crippen molar-refractivity contribution in [2.75, 3.05) is 5.32 Å². The molecule has 0 aliphatic heterocycles. The van der Waals surface area contributed by atoms with E-state index in [9.17, 15) is 9.59 Å². The Morgan fingerprint density at radius 2 is 2.10 bits per heavy atom. The Kier molecular flexibility index (Phi) is 4.14. The lowest BCUT2D eigenvalue weighted by atomic mass is 10.1. The summed E-state index contributed by atoms with van der Waals surface area (Å²) >= 11 is 3.38. The molecule has 0 fully saturated rings. The summed E-state index contributed by atoms with van der Waals surface area (Å²) in [5.41, 5.74) is 6.87. The van der Waals surface area contributed by atoms with E-state index < -0.39 is 5.91 Å². The van der Waals surface area contributed by atoms with E-state index in [1.807, 2.05) is 36.4 Å². The molecule has 0 saturated heterocycles. The van der Waals surface area contributed by atoms with Crippen molar-refractivity contribution in [3.05, 3.63) is 31.5 Å². The van der Waals surface area contributed by atoms with E-state index in [-0.39, 0.29) is 5.91 Å². The highest BCUT2D eigenvalue weighted by Crippen LogP contribution is 2.32. The second-order valence-electron chi connectivity index (χ2n) is 4.31. The molecule has 2 amide bonds. The number of halogens is 1. The highest BCUT2D eigenvalue weighted by molar-refractivity contribution is 14.1. The summed E-state index contributed by atoms with van der Waals surface area (Å²) in [5.74, 6) is -0.892. The van der Waals surface area contributed by atoms with Crippen molar-refractivity contribution in [2.24, 2.45) is 12.8 Å². The molecule has 0 bridgehead atoms. The molecule has 0 radical (unpaired) electrons. The van der Waals surface area contributed by atoms with Gasteiger partial charge in [-0.1, -0.05) is 0 Å². The van der Waals surface area contributed by atoms with Crippen LogP contribution in [0, 0.1) is 17.4 Å². The zero-order valence-corrected chi connectivity index (χ0v) is 14.1. The Labute approximate surface area is 133 Å². The maximum atomic E-state index is 12.2. The standard InChI is InChI=1S/C12H13IN4O2S/c1-5-6(2)20-12(8(5)10(14)18)15-11(19)9-7(13)4-17(3)16-9/h4H,1-3H3,(H2,14,18)(H,15,19). The van der Waals surface area contributed by atoms with E-state index in [1.165, 1.54) is 11.3 Å². The third kappa shape index (κ3) is 2.70.